The van der Waals surface area contributed by atoms with Gasteiger partial charge >= 0.3 is 17.1 Å². The first-order valence-corrected chi connectivity index (χ1v) is 12.9. The van der Waals surface area contributed by atoms with Crippen molar-refractivity contribution in [1.82, 2.24) is 0 Å². The molecule has 0 aliphatic carbocycles. The van der Waals surface area contributed by atoms with Gasteiger partial charge in [0.2, 0.25) is 0 Å². The van der Waals surface area contributed by atoms with Crippen molar-refractivity contribution in [2.45, 2.75) is 97.8 Å². The third-order valence-electron chi connectivity index (χ3n) is 4.02. The minimum absolute atomic E-state index is 0. The van der Waals surface area contributed by atoms with E-state index < -0.39 is 0 Å². The Kier molecular flexibility index (Phi) is 39.5. The molecule has 0 aliphatic heterocycles. The minimum Gasteiger partial charge on any atom is -0.545 e. The fourth-order valence-corrected chi connectivity index (χ4v) is 10.2. The smallest absolute Gasteiger partial charge is 0.545 e. The molecule has 0 aliphatic rings. The van der Waals surface area contributed by atoms with Crippen molar-refractivity contribution in [2.24, 2.45) is 0 Å². The molecule has 3 nitrogen and oxygen atoms in total. The van der Waals surface area contributed by atoms with E-state index in [1.807, 2.05) is 6.92 Å². The molecule has 0 aromatic rings. The second kappa shape index (κ2) is 27.6. The Morgan fingerprint density at radius 3 is 1.00 bits per heavy atom. The third kappa shape index (κ3) is 24.4. The van der Waals surface area contributed by atoms with Gasteiger partial charge in [0.25, 0.3) is 0 Å². The van der Waals surface area contributed by atoms with Crippen LogP contribution in [0, 0.1) is 0 Å². The molecular formula is C20H43MnO3P2+2. The van der Waals surface area contributed by atoms with Crippen molar-refractivity contribution >= 4 is 35.7 Å². The van der Waals surface area contributed by atoms with Crippen LogP contribution in [0.2, 0.25) is 0 Å². The first-order chi connectivity index (χ1) is 11.7. The van der Waals surface area contributed by atoms with Crippen molar-refractivity contribution in [3.63, 3.8) is 0 Å². The van der Waals surface area contributed by atoms with E-state index in [0.29, 0.717) is 6.42 Å². The van der Waals surface area contributed by atoms with Gasteiger partial charge in [0, 0.05) is 15.8 Å². The number of carbonyl (C=O) groups excluding carboxylic acids is 3. The van der Waals surface area contributed by atoms with Gasteiger partial charge in [0.05, 0.1) is 35.0 Å². The van der Waals surface area contributed by atoms with Crippen molar-refractivity contribution in [3.8, 4) is 0 Å². The second-order valence-electron chi connectivity index (χ2n) is 7.16. The van der Waals surface area contributed by atoms with Gasteiger partial charge in [-0.1, -0.05) is 13.3 Å². The van der Waals surface area contributed by atoms with E-state index in [4.69, 9.17) is 9.59 Å². The molecule has 0 heterocycles. The summed E-state index contributed by atoms with van der Waals surface area (Å²) in [4.78, 5) is 24.8. The summed E-state index contributed by atoms with van der Waals surface area (Å²) in [5, 5.41) is 0. The van der Waals surface area contributed by atoms with E-state index in [-0.39, 0.29) is 32.9 Å². The van der Waals surface area contributed by atoms with Gasteiger partial charge in [-0.15, -0.1) is 0 Å². The van der Waals surface area contributed by atoms with Crippen LogP contribution in [-0.2, 0) is 31.5 Å². The Morgan fingerprint density at radius 2 is 0.923 bits per heavy atom. The molecule has 0 fully saturated rings. The van der Waals surface area contributed by atoms with Crippen LogP contribution in [0.25, 0.3) is 0 Å². The van der Waals surface area contributed by atoms with Crippen LogP contribution in [0.1, 0.15) is 75.2 Å². The standard InChI is InChI=1S/C14H32P2.C4H7O.2CHO.Mn/c1-11(2)15(12(3)4)9-10-16(13(5)6)14(7)8;1-2-3-4-5;2*1-2;/h11-14H,9-10H2,1-8H3;2-3H2,1H3;2*1H;/q;3*-1;+3/p+2. The van der Waals surface area contributed by atoms with Crippen LogP contribution in [0.3, 0.4) is 0 Å². The number of unbranched alkanes of at least 4 members (excludes halogenated alkanes) is 1. The maximum absolute atomic E-state index is 9.28. The predicted molar refractivity (Wildman–Crippen MR) is 121 cm³/mol. The van der Waals surface area contributed by atoms with Crippen molar-refractivity contribution in [3.05, 3.63) is 0 Å². The summed E-state index contributed by atoms with van der Waals surface area (Å²) in [7, 11) is -0.229. The van der Waals surface area contributed by atoms with E-state index >= 15 is 0 Å². The fourth-order valence-electron chi connectivity index (χ4n) is 2.88. The van der Waals surface area contributed by atoms with Crippen LogP contribution >= 0.6 is 15.8 Å². The number of hydrogen-bond donors (Lipinski definition) is 0. The molecule has 0 saturated heterocycles. The zero-order valence-electron chi connectivity index (χ0n) is 18.4. The van der Waals surface area contributed by atoms with E-state index in [2.05, 4.69) is 69.0 Å². The molecule has 0 unspecified atom stereocenters. The molecule has 0 bridgehead atoms. The Morgan fingerprint density at radius 1 is 0.692 bits per heavy atom. The average molecular weight is 448 g/mol. The molecular weight excluding hydrogens is 405 g/mol. The summed E-state index contributed by atoms with van der Waals surface area (Å²) in [6, 6.07) is 0. The molecule has 0 atom stereocenters. The summed E-state index contributed by atoms with van der Waals surface area (Å²) in [6.07, 6.45) is 6.39. The fraction of sp³-hybridized carbons (Fsp3) is 0.850. The van der Waals surface area contributed by atoms with Crippen molar-refractivity contribution < 1.29 is 31.5 Å². The molecule has 0 amide bonds. The third-order valence-corrected chi connectivity index (χ3v) is 12.1. The largest absolute Gasteiger partial charge is 3.00 e. The Labute approximate surface area is 177 Å². The minimum atomic E-state index is -0.114. The maximum atomic E-state index is 9.28. The summed E-state index contributed by atoms with van der Waals surface area (Å²) < 4.78 is 0. The molecule has 0 rings (SSSR count). The zero-order valence-corrected chi connectivity index (χ0v) is 21.6. The van der Waals surface area contributed by atoms with Gasteiger partial charge in [0.15, 0.2) is 0 Å². The Balaban J connectivity index is -0.000000124. The van der Waals surface area contributed by atoms with E-state index in [1.165, 1.54) is 0 Å². The van der Waals surface area contributed by atoms with Gasteiger partial charge in [-0.05, 0) is 55.4 Å². The van der Waals surface area contributed by atoms with Crippen molar-refractivity contribution in [1.29, 1.82) is 0 Å². The van der Waals surface area contributed by atoms with Crippen LogP contribution in [0.4, 0.5) is 0 Å². The molecule has 0 radical (unpaired) electrons. The molecule has 26 heavy (non-hydrogen) atoms. The summed E-state index contributed by atoms with van der Waals surface area (Å²) >= 11 is 0. The topological polar surface area (TPSA) is 51.2 Å². The van der Waals surface area contributed by atoms with Crippen LogP contribution in [0.5, 0.6) is 0 Å². The Hall–Kier alpha value is 0.389. The summed E-state index contributed by atoms with van der Waals surface area (Å²) in [6.45, 7) is 27.9. The molecule has 0 aromatic heterocycles. The Bertz CT molecular complexity index is 238. The molecule has 0 saturated carbocycles. The zero-order chi connectivity index (χ0) is 21.0. The van der Waals surface area contributed by atoms with E-state index in [9.17, 15) is 4.79 Å². The van der Waals surface area contributed by atoms with E-state index in [1.54, 1.807) is 18.6 Å². The molecule has 6 heteroatoms. The number of rotatable bonds is 9. The molecule has 0 aromatic carbocycles. The summed E-state index contributed by atoms with van der Waals surface area (Å²) in [5.74, 6) is 0. The summed E-state index contributed by atoms with van der Waals surface area (Å²) in [5.41, 5.74) is 3.81. The normalized spacial score (nSPS) is 9.81. The first-order valence-electron chi connectivity index (χ1n) is 9.22. The molecule has 156 valence electrons. The van der Waals surface area contributed by atoms with Crippen LogP contribution < -0.4 is 0 Å². The van der Waals surface area contributed by atoms with Crippen molar-refractivity contribution in [2.75, 3.05) is 12.3 Å². The second-order valence-corrected chi connectivity index (χ2v) is 15.1. The van der Waals surface area contributed by atoms with Gasteiger partial charge in [-0.2, -0.15) is 6.42 Å². The molecule has 0 N–H and O–H groups in total. The SMILES string of the molecule is CC(C)[PH+](CC[PH+](C(C)C)C(C)C)C(C)C.CCC[C-]=O.[CH-]=O.[CH-]=O.[Mn+3]. The first kappa shape index (κ1) is 37.2. The van der Waals surface area contributed by atoms with E-state index in [0.717, 1.165) is 29.1 Å². The van der Waals surface area contributed by atoms with Crippen LogP contribution in [-0.4, -0.2) is 54.8 Å². The van der Waals surface area contributed by atoms with Crippen LogP contribution in [0.15, 0.2) is 0 Å². The van der Waals surface area contributed by atoms with Gasteiger partial charge in [0.1, 0.15) is 0 Å². The quantitative estimate of drug-likeness (QED) is 0.206. The van der Waals surface area contributed by atoms with Gasteiger partial charge < -0.3 is 14.4 Å². The molecule has 0 spiro atoms. The van der Waals surface area contributed by atoms with Gasteiger partial charge in [-0.3, -0.25) is 19.9 Å². The average Bonchev–Trinajstić information content (AvgIpc) is 2.55. The maximum Gasteiger partial charge on any atom is 3.00 e. The predicted octanol–water partition coefficient (Wildman–Crippen LogP) is 5.39. The van der Waals surface area contributed by atoms with Gasteiger partial charge in [-0.25, -0.2) is 0 Å². The monoisotopic (exact) mass is 448 g/mol. The number of hydrogen-bond acceptors (Lipinski definition) is 3.